The Balaban J connectivity index is 2.16. The van der Waals surface area contributed by atoms with Gasteiger partial charge in [-0.3, -0.25) is 4.79 Å². The van der Waals surface area contributed by atoms with Crippen molar-refractivity contribution < 1.29 is 4.79 Å². The summed E-state index contributed by atoms with van der Waals surface area (Å²) in [6, 6.07) is 3.88. The van der Waals surface area contributed by atoms with Crippen LogP contribution >= 0.6 is 11.3 Å². The predicted octanol–water partition coefficient (Wildman–Crippen LogP) is 3.26. The Kier molecular flexibility index (Phi) is 3.43. The molecular formula is C13H16N2OS. The van der Waals surface area contributed by atoms with E-state index in [1.54, 1.807) is 17.5 Å². The minimum atomic E-state index is 0.156. The molecule has 0 unspecified atom stereocenters. The van der Waals surface area contributed by atoms with E-state index in [1.807, 2.05) is 29.8 Å². The van der Waals surface area contributed by atoms with Crippen LogP contribution in [0.1, 0.15) is 40.1 Å². The Morgan fingerprint density at radius 3 is 2.82 bits per heavy atom. The lowest BCUT2D eigenvalue weighted by Gasteiger charge is -2.08. The van der Waals surface area contributed by atoms with Crippen LogP contribution in [0.5, 0.6) is 0 Å². The van der Waals surface area contributed by atoms with Gasteiger partial charge in [0.1, 0.15) is 5.82 Å². The van der Waals surface area contributed by atoms with Gasteiger partial charge in [0.2, 0.25) is 0 Å². The first kappa shape index (κ1) is 12.0. The van der Waals surface area contributed by atoms with Gasteiger partial charge >= 0.3 is 0 Å². The summed E-state index contributed by atoms with van der Waals surface area (Å²) >= 11 is 1.55. The molecule has 0 aliphatic rings. The number of carbonyl (C=O) groups excluding carboxylic acids is 1. The normalized spacial score (nSPS) is 11.1. The number of nitrogens with zero attached hydrogens (tertiary/aromatic N) is 2. The largest absolute Gasteiger partial charge is 0.327 e. The highest BCUT2D eigenvalue weighted by molar-refractivity contribution is 7.14. The van der Waals surface area contributed by atoms with Gasteiger partial charge in [-0.15, -0.1) is 11.3 Å². The maximum Gasteiger partial charge on any atom is 0.192 e. The summed E-state index contributed by atoms with van der Waals surface area (Å²) in [5.41, 5.74) is 0. The van der Waals surface area contributed by atoms with Crippen molar-refractivity contribution in [1.29, 1.82) is 0 Å². The van der Waals surface area contributed by atoms with E-state index in [-0.39, 0.29) is 5.78 Å². The smallest absolute Gasteiger partial charge is 0.192 e. The van der Waals surface area contributed by atoms with Gasteiger partial charge in [-0.1, -0.05) is 13.8 Å². The number of aromatic nitrogens is 2. The van der Waals surface area contributed by atoms with Crippen molar-refractivity contribution in [3.05, 3.63) is 40.1 Å². The van der Waals surface area contributed by atoms with Crippen molar-refractivity contribution in [3.63, 3.8) is 0 Å². The van der Waals surface area contributed by atoms with Gasteiger partial charge in [0.05, 0.1) is 11.4 Å². The summed E-state index contributed by atoms with van der Waals surface area (Å²) in [6.45, 7) is 6.56. The molecule has 0 amide bonds. The molecule has 17 heavy (non-hydrogen) atoms. The molecule has 0 spiro atoms. The third-order valence-electron chi connectivity index (χ3n) is 2.59. The molecule has 0 radical (unpaired) electrons. The number of hydrogen-bond donors (Lipinski definition) is 0. The first-order valence-corrected chi connectivity index (χ1v) is 6.50. The SMILES string of the molecule is Cc1ccc(C(=O)Cn2ccnc2C(C)C)s1. The van der Waals surface area contributed by atoms with Gasteiger partial charge in [-0.2, -0.15) is 0 Å². The van der Waals surface area contributed by atoms with Gasteiger partial charge in [0.25, 0.3) is 0 Å². The van der Waals surface area contributed by atoms with Gasteiger partial charge in [-0.05, 0) is 19.1 Å². The van der Waals surface area contributed by atoms with E-state index in [0.29, 0.717) is 12.5 Å². The van der Waals surface area contributed by atoms with Crippen LogP contribution in [-0.2, 0) is 6.54 Å². The predicted molar refractivity (Wildman–Crippen MR) is 69.7 cm³/mol. The van der Waals surface area contributed by atoms with Crippen LogP contribution in [0.2, 0.25) is 0 Å². The molecule has 0 atom stereocenters. The van der Waals surface area contributed by atoms with E-state index >= 15 is 0 Å². The summed E-state index contributed by atoms with van der Waals surface area (Å²) in [7, 11) is 0. The average Bonchev–Trinajstić information content (AvgIpc) is 2.86. The van der Waals surface area contributed by atoms with E-state index < -0.39 is 0 Å². The maximum absolute atomic E-state index is 12.1. The first-order valence-electron chi connectivity index (χ1n) is 5.68. The van der Waals surface area contributed by atoms with Crippen LogP contribution in [0.3, 0.4) is 0 Å². The van der Waals surface area contributed by atoms with E-state index in [0.717, 1.165) is 10.7 Å². The first-order chi connectivity index (χ1) is 8.08. The summed E-state index contributed by atoms with van der Waals surface area (Å²) in [5.74, 6) is 1.46. The number of hydrogen-bond acceptors (Lipinski definition) is 3. The average molecular weight is 248 g/mol. The molecule has 2 aromatic heterocycles. The molecule has 0 aliphatic heterocycles. The van der Waals surface area contributed by atoms with Gasteiger partial charge < -0.3 is 4.57 Å². The summed E-state index contributed by atoms with van der Waals surface area (Å²) in [5, 5.41) is 0. The van der Waals surface area contributed by atoms with Crippen LogP contribution in [0.25, 0.3) is 0 Å². The molecular weight excluding hydrogens is 232 g/mol. The quantitative estimate of drug-likeness (QED) is 0.778. The van der Waals surface area contributed by atoms with Gasteiger partial charge in [0, 0.05) is 23.2 Å². The minimum absolute atomic E-state index is 0.156. The number of carbonyl (C=O) groups is 1. The van der Waals surface area contributed by atoms with Crippen molar-refractivity contribution in [1.82, 2.24) is 9.55 Å². The highest BCUT2D eigenvalue weighted by Crippen LogP contribution is 2.18. The Bertz CT molecular complexity index is 525. The molecule has 0 saturated heterocycles. The molecule has 3 nitrogen and oxygen atoms in total. The summed E-state index contributed by atoms with van der Waals surface area (Å²) in [6.07, 6.45) is 3.62. The maximum atomic E-state index is 12.1. The van der Waals surface area contributed by atoms with Crippen LogP contribution in [0.15, 0.2) is 24.5 Å². The molecule has 0 aromatic carbocycles. The van der Waals surface area contributed by atoms with Crippen molar-refractivity contribution in [3.8, 4) is 0 Å². The van der Waals surface area contributed by atoms with E-state index in [9.17, 15) is 4.79 Å². The molecule has 0 bridgehead atoms. The number of rotatable bonds is 4. The van der Waals surface area contributed by atoms with Crippen LogP contribution in [0.4, 0.5) is 0 Å². The number of aryl methyl sites for hydroxylation is 1. The summed E-state index contributed by atoms with van der Waals surface area (Å²) in [4.78, 5) is 18.3. The Morgan fingerprint density at radius 1 is 1.47 bits per heavy atom. The standard InChI is InChI=1S/C13H16N2OS/c1-9(2)13-14-6-7-15(13)8-11(16)12-5-4-10(3)17-12/h4-7,9H,8H2,1-3H3. The molecule has 2 rings (SSSR count). The van der Waals surface area contributed by atoms with E-state index in [2.05, 4.69) is 18.8 Å². The Labute approximate surface area is 105 Å². The van der Waals surface area contributed by atoms with Crippen LogP contribution < -0.4 is 0 Å². The number of imidazole rings is 1. The molecule has 90 valence electrons. The molecule has 2 heterocycles. The zero-order valence-electron chi connectivity index (χ0n) is 10.3. The number of thiophene rings is 1. The second-order valence-corrected chi connectivity index (χ2v) is 5.69. The van der Waals surface area contributed by atoms with Crippen molar-refractivity contribution >= 4 is 17.1 Å². The van der Waals surface area contributed by atoms with E-state index in [1.165, 1.54) is 4.88 Å². The second-order valence-electron chi connectivity index (χ2n) is 4.40. The molecule has 0 saturated carbocycles. The van der Waals surface area contributed by atoms with Crippen molar-refractivity contribution in [2.45, 2.75) is 33.2 Å². The summed E-state index contributed by atoms with van der Waals surface area (Å²) < 4.78 is 1.93. The molecule has 2 aromatic rings. The monoisotopic (exact) mass is 248 g/mol. The van der Waals surface area contributed by atoms with Crippen LogP contribution in [-0.4, -0.2) is 15.3 Å². The van der Waals surface area contributed by atoms with Crippen LogP contribution in [0, 0.1) is 6.92 Å². The molecule has 0 N–H and O–H groups in total. The fourth-order valence-electron chi connectivity index (χ4n) is 1.77. The Hall–Kier alpha value is -1.42. The minimum Gasteiger partial charge on any atom is -0.327 e. The third-order valence-corrected chi connectivity index (χ3v) is 3.63. The van der Waals surface area contributed by atoms with E-state index in [4.69, 9.17) is 0 Å². The van der Waals surface area contributed by atoms with Crippen molar-refractivity contribution in [2.24, 2.45) is 0 Å². The molecule has 0 fully saturated rings. The molecule has 4 heteroatoms. The lowest BCUT2D eigenvalue weighted by atomic mass is 10.2. The molecule has 0 aliphatic carbocycles. The second kappa shape index (κ2) is 4.84. The lowest BCUT2D eigenvalue weighted by molar-refractivity contribution is 0.0974. The lowest BCUT2D eigenvalue weighted by Crippen LogP contribution is -2.12. The van der Waals surface area contributed by atoms with Gasteiger partial charge in [-0.25, -0.2) is 4.98 Å². The fourth-order valence-corrected chi connectivity index (χ4v) is 2.57. The highest BCUT2D eigenvalue weighted by atomic mass is 32.1. The fraction of sp³-hybridized carbons (Fsp3) is 0.385. The zero-order valence-corrected chi connectivity index (χ0v) is 11.1. The zero-order chi connectivity index (χ0) is 12.4. The third kappa shape index (κ3) is 2.64. The van der Waals surface area contributed by atoms with Crippen molar-refractivity contribution in [2.75, 3.05) is 0 Å². The highest BCUT2D eigenvalue weighted by Gasteiger charge is 2.13. The van der Waals surface area contributed by atoms with Gasteiger partial charge in [0.15, 0.2) is 5.78 Å². The Morgan fingerprint density at radius 2 is 2.24 bits per heavy atom. The topological polar surface area (TPSA) is 34.9 Å². The number of Topliss-reactive ketones (excluding diaryl/α,β-unsaturated/α-hetero) is 1. The number of ketones is 1.